The minimum Gasteiger partial charge on any atom is -0.506 e. The summed E-state index contributed by atoms with van der Waals surface area (Å²) in [5.41, 5.74) is 0.472. The van der Waals surface area contributed by atoms with Crippen LogP contribution in [-0.4, -0.2) is 17.0 Å². The molecule has 0 saturated heterocycles. The molecule has 1 unspecified atom stereocenters. The summed E-state index contributed by atoms with van der Waals surface area (Å²) < 4.78 is 5.50. The summed E-state index contributed by atoms with van der Waals surface area (Å²) in [4.78, 5) is 12.2. The first-order valence-electron chi connectivity index (χ1n) is 6.59. The minimum atomic E-state index is -0.834. The van der Waals surface area contributed by atoms with E-state index in [9.17, 15) is 9.90 Å². The van der Waals surface area contributed by atoms with Gasteiger partial charge in [0.25, 0.3) is 0 Å². The SMILES string of the molecule is CC(Oc1ccc(Cl)cc1)C(=O)C(Cl)=C(O)c1ccccc1. The molecule has 0 saturated carbocycles. The highest BCUT2D eigenvalue weighted by Crippen LogP contribution is 2.23. The molecule has 114 valence electrons. The molecule has 1 atom stereocenters. The zero-order valence-corrected chi connectivity index (χ0v) is 13.3. The lowest BCUT2D eigenvalue weighted by Crippen LogP contribution is -2.24. The molecule has 0 aliphatic carbocycles. The Bertz CT molecular complexity index is 679. The van der Waals surface area contributed by atoms with E-state index in [1.54, 1.807) is 61.5 Å². The standard InChI is InChI=1S/C17H14Cl2O3/c1-11(22-14-9-7-13(18)8-10-14)16(20)15(19)17(21)12-5-3-2-4-6-12/h2-11,21H,1H3. The van der Waals surface area contributed by atoms with Crippen LogP contribution < -0.4 is 4.74 Å². The highest BCUT2D eigenvalue weighted by Gasteiger charge is 2.22. The third-order valence-electron chi connectivity index (χ3n) is 2.97. The minimum absolute atomic E-state index is 0.257. The van der Waals surface area contributed by atoms with Crippen LogP contribution in [0.2, 0.25) is 5.02 Å². The van der Waals surface area contributed by atoms with Crippen molar-refractivity contribution in [1.82, 2.24) is 0 Å². The van der Waals surface area contributed by atoms with Gasteiger partial charge in [-0.1, -0.05) is 53.5 Å². The van der Waals surface area contributed by atoms with Gasteiger partial charge in [0.2, 0.25) is 5.78 Å². The largest absolute Gasteiger partial charge is 0.506 e. The van der Waals surface area contributed by atoms with Crippen molar-refractivity contribution in [2.24, 2.45) is 0 Å². The maximum absolute atomic E-state index is 12.2. The van der Waals surface area contributed by atoms with Gasteiger partial charge in [0.15, 0.2) is 6.10 Å². The highest BCUT2D eigenvalue weighted by molar-refractivity contribution is 6.45. The van der Waals surface area contributed by atoms with E-state index in [-0.39, 0.29) is 10.8 Å². The van der Waals surface area contributed by atoms with E-state index in [1.165, 1.54) is 0 Å². The Morgan fingerprint density at radius 3 is 2.27 bits per heavy atom. The van der Waals surface area contributed by atoms with Crippen molar-refractivity contribution in [3.05, 3.63) is 70.2 Å². The number of aliphatic hydroxyl groups excluding tert-OH is 1. The molecule has 0 radical (unpaired) electrons. The van der Waals surface area contributed by atoms with Gasteiger partial charge in [0, 0.05) is 10.6 Å². The molecule has 0 amide bonds. The van der Waals surface area contributed by atoms with E-state index in [0.717, 1.165) is 0 Å². The van der Waals surface area contributed by atoms with Crippen molar-refractivity contribution < 1.29 is 14.6 Å². The van der Waals surface area contributed by atoms with Crippen LogP contribution in [0.5, 0.6) is 5.75 Å². The van der Waals surface area contributed by atoms with Crippen molar-refractivity contribution >= 4 is 34.7 Å². The van der Waals surface area contributed by atoms with Gasteiger partial charge in [-0.2, -0.15) is 0 Å². The molecule has 2 aromatic rings. The Hall–Kier alpha value is -1.97. The number of hydrogen-bond donors (Lipinski definition) is 1. The maximum atomic E-state index is 12.2. The summed E-state index contributed by atoms with van der Waals surface area (Å²) in [7, 11) is 0. The fourth-order valence-corrected chi connectivity index (χ4v) is 2.18. The molecule has 0 heterocycles. The second-order valence-corrected chi connectivity index (χ2v) is 5.42. The molecule has 0 fully saturated rings. The van der Waals surface area contributed by atoms with E-state index in [2.05, 4.69) is 0 Å². The quantitative estimate of drug-likeness (QED) is 0.627. The first kappa shape index (κ1) is 16.4. The van der Waals surface area contributed by atoms with Crippen LogP contribution in [0, 0.1) is 0 Å². The zero-order chi connectivity index (χ0) is 16.1. The van der Waals surface area contributed by atoms with Crippen molar-refractivity contribution in [3.63, 3.8) is 0 Å². The Morgan fingerprint density at radius 2 is 1.68 bits per heavy atom. The lowest BCUT2D eigenvalue weighted by Gasteiger charge is -2.14. The number of Topliss-reactive ketones (excluding diaryl/α,β-unsaturated/α-hetero) is 1. The maximum Gasteiger partial charge on any atom is 0.218 e. The van der Waals surface area contributed by atoms with Gasteiger partial charge >= 0.3 is 0 Å². The molecular weight excluding hydrogens is 323 g/mol. The summed E-state index contributed by atoms with van der Waals surface area (Å²) in [6.07, 6.45) is -0.834. The highest BCUT2D eigenvalue weighted by atomic mass is 35.5. The second kappa shape index (κ2) is 7.34. The van der Waals surface area contributed by atoms with E-state index in [4.69, 9.17) is 27.9 Å². The Balaban J connectivity index is 2.14. The number of ether oxygens (including phenoxy) is 1. The number of ketones is 1. The van der Waals surface area contributed by atoms with Gasteiger partial charge in [0.1, 0.15) is 16.5 Å². The zero-order valence-electron chi connectivity index (χ0n) is 11.8. The monoisotopic (exact) mass is 336 g/mol. The molecular formula is C17H14Cl2O3. The average Bonchev–Trinajstić information content (AvgIpc) is 2.55. The number of aliphatic hydroxyl groups is 1. The molecule has 0 bridgehead atoms. The molecule has 5 heteroatoms. The number of hydrogen-bond acceptors (Lipinski definition) is 3. The van der Waals surface area contributed by atoms with Crippen LogP contribution in [0.15, 0.2) is 59.6 Å². The van der Waals surface area contributed by atoms with E-state index in [1.807, 2.05) is 0 Å². The van der Waals surface area contributed by atoms with E-state index >= 15 is 0 Å². The van der Waals surface area contributed by atoms with Gasteiger partial charge in [-0.25, -0.2) is 0 Å². The first-order chi connectivity index (χ1) is 10.5. The molecule has 2 rings (SSSR count). The Labute approximate surface area is 138 Å². The Morgan fingerprint density at radius 1 is 1.09 bits per heavy atom. The number of halogens is 2. The van der Waals surface area contributed by atoms with Gasteiger partial charge in [0.05, 0.1) is 0 Å². The fourth-order valence-electron chi connectivity index (χ4n) is 1.79. The summed E-state index contributed by atoms with van der Waals surface area (Å²) in [5, 5.41) is 10.4. The van der Waals surface area contributed by atoms with E-state index in [0.29, 0.717) is 16.3 Å². The molecule has 22 heavy (non-hydrogen) atoms. The summed E-state index contributed by atoms with van der Waals surface area (Å²) in [6, 6.07) is 15.2. The lowest BCUT2D eigenvalue weighted by molar-refractivity contribution is -0.120. The van der Waals surface area contributed by atoms with Crippen LogP contribution in [0.1, 0.15) is 12.5 Å². The molecule has 0 aromatic heterocycles. The smallest absolute Gasteiger partial charge is 0.218 e. The summed E-state index contributed by atoms with van der Waals surface area (Å²) in [5.74, 6) is -0.272. The molecule has 0 aliphatic rings. The second-order valence-electron chi connectivity index (χ2n) is 4.61. The summed E-state index contributed by atoms with van der Waals surface area (Å²) >= 11 is 11.8. The molecule has 0 spiro atoms. The molecule has 2 aromatic carbocycles. The van der Waals surface area contributed by atoms with Crippen LogP contribution in [0.3, 0.4) is 0 Å². The number of benzene rings is 2. The predicted molar refractivity (Wildman–Crippen MR) is 88.4 cm³/mol. The van der Waals surface area contributed by atoms with Crippen molar-refractivity contribution in [3.8, 4) is 5.75 Å². The van der Waals surface area contributed by atoms with Crippen molar-refractivity contribution in [1.29, 1.82) is 0 Å². The third-order valence-corrected chi connectivity index (χ3v) is 3.58. The van der Waals surface area contributed by atoms with Crippen molar-refractivity contribution in [2.45, 2.75) is 13.0 Å². The number of carbonyl (C=O) groups excluding carboxylic acids is 1. The van der Waals surface area contributed by atoms with Crippen LogP contribution in [-0.2, 0) is 4.79 Å². The van der Waals surface area contributed by atoms with Crippen LogP contribution in [0.25, 0.3) is 5.76 Å². The molecule has 3 nitrogen and oxygen atoms in total. The van der Waals surface area contributed by atoms with Gasteiger partial charge in [-0.05, 0) is 31.2 Å². The lowest BCUT2D eigenvalue weighted by atomic mass is 10.1. The van der Waals surface area contributed by atoms with E-state index < -0.39 is 11.9 Å². The fraction of sp³-hybridized carbons (Fsp3) is 0.118. The third kappa shape index (κ3) is 4.03. The van der Waals surface area contributed by atoms with Gasteiger partial charge in [-0.3, -0.25) is 4.79 Å². The molecule has 1 N–H and O–H groups in total. The summed E-state index contributed by atoms with van der Waals surface area (Å²) in [6.45, 7) is 1.57. The topological polar surface area (TPSA) is 46.5 Å². The molecule has 0 aliphatic heterocycles. The van der Waals surface area contributed by atoms with Crippen LogP contribution >= 0.6 is 23.2 Å². The number of carbonyl (C=O) groups is 1. The van der Waals surface area contributed by atoms with Gasteiger partial charge in [-0.15, -0.1) is 0 Å². The van der Waals surface area contributed by atoms with Gasteiger partial charge < -0.3 is 9.84 Å². The normalized spacial score (nSPS) is 13.2. The number of rotatable bonds is 5. The van der Waals surface area contributed by atoms with Crippen molar-refractivity contribution in [2.75, 3.05) is 0 Å². The van der Waals surface area contributed by atoms with Crippen LogP contribution in [0.4, 0.5) is 0 Å². The first-order valence-corrected chi connectivity index (χ1v) is 7.35. The Kier molecular flexibility index (Phi) is 5.47. The predicted octanol–water partition coefficient (Wildman–Crippen LogP) is 4.84. The average molecular weight is 337 g/mol.